The van der Waals surface area contributed by atoms with Gasteiger partial charge < -0.3 is 0 Å². The van der Waals surface area contributed by atoms with Gasteiger partial charge in [-0.2, -0.15) is 5.26 Å². The highest BCUT2D eigenvalue weighted by atomic mass is 32.1. The first-order valence-electron chi connectivity index (χ1n) is 15.6. The number of fused-ring (bicyclic) bond motifs is 7. The van der Waals surface area contributed by atoms with E-state index in [0.29, 0.717) is 11.3 Å². The molecular formula is C42H22N6S. The fourth-order valence-electron chi connectivity index (χ4n) is 6.68. The van der Waals surface area contributed by atoms with Gasteiger partial charge in [-0.15, -0.1) is 11.3 Å². The molecule has 0 aliphatic heterocycles. The monoisotopic (exact) mass is 642 g/mol. The molecule has 0 N–H and O–H groups in total. The van der Waals surface area contributed by atoms with Gasteiger partial charge in [0.05, 0.1) is 34.9 Å². The van der Waals surface area contributed by atoms with Gasteiger partial charge in [0.15, 0.2) is 0 Å². The Kier molecular flexibility index (Phi) is 6.65. The van der Waals surface area contributed by atoms with Crippen molar-refractivity contribution in [2.45, 2.75) is 0 Å². The van der Waals surface area contributed by atoms with Crippen LogP contribution in [0.2, 0.25) is 0 Å². The lowest BCUT2D eigenvalue weighted by molar-refractivity contribution is 1.27. The predicted octanol–water partition coefficient (Wildman–Crippen LogP) is 11.0. The molecule has 7 heteroatoms. The van der Waals surface area contributed by atoms with Crippen molar-refractivity contribution in [1.82, 2.24) is 19.9 Å². The minimum atomic E-state index is 0.487. The lowest BCUT2D eigenvalue weighted by atomic mass is 9.93. The second-order valence-corrected chi connectivity index (χ2v) is 12.8. The molecule has 0 unspecified atom stereocenters. The molecule has 6 nitrogen and oxygen atoms in total. The summed E-state index contributed by atoms with van der Waals surface area (Å²) in [4.78, 5) is 22.2. The number of hydrogen-bond acceptors (Lipinski definition) is 6. The average Bonchev–Trinajstić information content (AvgIpc) is 3.56. The molecule has 0 saturated carbocycles. The Morgan fingerprint density at radius 2 is 1.06 bits per heavy atom. The van der Waals surface area contributed by atoms with Crippen LogP contribution in [0.1, 0.15) is 5.56 Å². The van der Waals surface area contributed by atoms with Gasteiger partial charge in [-0.1, -0.05) is 60.7 Å². The molecular weight excluding hydrogens is 621 g/mol. The van der Waals surface area contributed by atoms with Gasteiger partial charge in [0.1, 0.15) is 6.07 Å². The van der Waals surface area contributed by atoms with E-state index in [9.17, 15) is 5.26 Å². The molecule has 0 aliphatic carbocycles. The topological polar surface area (TPSA) is 79.7 Å². The first kappa shape index (κ1) is 28.4. The average molecular weight is 643 g/mol. The maximum Gasteiger partial charge on any atom is 0.205 e. The molecule has 0 bridgehead atoms. The number of hydrogen-bond donors (Lipinski definition) is 0. The van der Waals surface area contributed by atoms with Gasteiger partial charge in [0.2, 0.25) is 5.69 Å². The normalized spacial score (nSPS) is 11.2. The SMILES string of the molecule is [C-]#[N+]c1cncc(-c2cccc(-c3cc4sc5cc(-c6cccc(-c7cncc(C#N)c7)n6)c6ccccc6c5c4c4ccccc34)n2)c1. The zero-order chi connectivity index (χ0) is 32.9. The third-order valence-corrected chi connectivity index (χ3v) is 9.93. The summed E-state index contributed by atoms with van der Waals surface area (Å²) in [5.41, 5.74) is 7.98. The van der Waals surface area contributed by atoms with E-state index in [1.54, 1.807) is 36.1 Å². The predicted molar refractivity (Wildman–Crippen MR) is 198 cm³/mol. The summed E-state index contributed by atoms with van der Waals surface area (Å²) in [6, 6.07) is 39.5. The molecule has 0 atom stereocenters. The Morgan fingerprint density at radius 3 is 1.61 bits per heavy atom. The molecule has 9 rings (SSSR count). The highest BCUT2D eigenvalue weighted by Crippen LogP contribution is 2.47. The standard InChI is InChI=1S/C42H22N6S/c1-44-28-17-27(23-46-24-28)36-13-7-15-38(48-36)34-19-40-42(32-11-5-3-9-30(32)34)41-31-10-4-2-8-29(31)33(18-39(41)49-40)37-14-6-12-35(47-37)26-16-25(20-43)21-45-22-26/h2-19,21-24H. The smallest absolute Gasteiger partial charge is 0.205 e. The zero-order valence-corrected chi connectivity index (χ0v) is 26.6. The number of nitriles is 1. The van der Waals surface area contributed by atoms with Crippen LogP contribution in [0.25, 0.3) is 91.6 Å². The quantitative estimate of drug-likeness (QED) is 0.178. The lowest BCUT2D eigenvalue weighted by Crippen LogP contribution is -1.91. The van der Waals surface area contributed by atoms with Crippen LogP contribution in [-0.4, -0.2) is 19.9 Å². The Balaban J connectivity index is 1.27. The molecule has 226 valence electrons. The van der Waals surface area contributed by atoms with Crippen LogP contribution in [0.15, 0.2) is 134 Å². The van der Waals surface area contributed by atoms with Gasteiger partial charge in [-0.05, 0) is 70.1 Å². The van der Waals surface area contributed by atoms with Gasteiger partial charge in [-0.25, -0.2) is 14.8 Å². The van der Waals surface area contributed by atoms with Gasteiger partial charge >= 0.3 is 0 Å². The van der Waals surface area contributed by atoms with Crippen molar-refractivity contribution >= 4 is 58.7 Å². The molecule has 5 heterocycles. The van der Waals surface area contributed by atoms with E-state index in [2.05, 4.69) is 81.5 Å². The Hall–Kier alpha value is -6.80. The molecule has 9 aromatic rings. The highest BCUT2D eigenvalue weighted by molar-refractivity contribution is 7.26. The minimum absolute atomic E-state index is 0.487. The Bertz CT molecular complexity index is 2680. The van der Waals surface area contributed by atoms with E-state index in [1.807, 2.05) is 48.5 Å². The maximum atomic E-state index is 9.42. The summed E-state index contributed by atoms with van der Waals surface area (Å²) < 4.78 is 2.35. The van der Waals surface area contributed by atoms with Crippen molar-refractivity contribution in [2.24, 2.45) is 0 Å². The molecule has 49 heavy (non-hydrogen) atoms. The number of nitrogens with zero attached hydrogens (tertiary/aromatic N) is 6. The van der Waals surface area contributed by atoms with Crippen molar-refractivity contribution in [3.63, 3.8) is 0 Å². The van der Waals surface area contributed by atoms with Gasteiger partial charge in [0, 0.05) is 67.2 Å². The third-order valence-electron chi connectivity index (χ3n) is 8.85. The number of thiophene rings is 1. The van der Waals surface area contributed by atoms with Crippen LogP contribution in [-0.2, 0) is 0 Å². The number of pyridine rings is 4. The van der Waals surface area contributed by atoms with E-state index >= 15 is 0 Å². The fourth-order valence-corrected chi connectivity index (χ4v) is 7.90. The summed E-state index contributed by atoms with van der Waals surface area (Å²) in [7, 11) is 0. The largest absolute Gasteiger partial charge is 0.276 e. The Morgan fingerprint density at radius 1 is 0.551 bits per heavy atom. The van der Waals surface area contributed by atoms with E-state index in [0.717, 1.165) is 55.8 Å². The molecule has 0 spiro atoms. The molecule has 0 amide bonds. The van der Waals surface area contributed by atoms with Crippen LogP contribution in [0.4, 0.5) is 5.69 Å². The molecule has 0 radical (unpaired) electrons. The molecule has 0 aliphatic rings. The van der Waals surface area contributed by atoms with E-state index in [4.69, 9.17) is 16.5 Å². The second-order valence-electron chi connectivity index (χ2n) is 11.7. The number of aromatic nitrogens is 4. The van der Waals surface area contributed by atoms with Crippen molar-refractivity contribution in [3.8, 4) is 51.1 Å². The van der Waals surface area contributed by atoms with Crippen LogP contribution in [0.5, 0.6) is 0 Å². The van der Waals surface area contributed by atoms with Crippen LogP contribution < -0.4 is 0 Å². The van der Waals surface area contributed by atoms with Crippen LogP contribution in [0.3, 0.4) is 0 Å². The van der Waals surface area contributed by atoms with Crippen molar-refractivity contribution in [2.75, 3.05) is 0 Å². The molecule has 0 fully saturated rings. The summed E-state index contributed by atoms with van der Waals surface area (Å²) in [5.74, 6) is 0. The molecule has 5 aromatic heterocycles. The van der Waals surface area contributed by atoms with Crippen LogP contribution >= 0.6 is 11.3 Å². The van der Waals surface area contributed by atoms with E-state index in [-0.39, 0.29) is 0 Å². The fraction of sp³-hybridized carbons (Fsp3) is 0. The summed E-state index contributed by atoms with van der Waals surface area (Å²) in [6.45, 7) is 7.41. The Labute approximate surface area is 285 Å². The zero-order valence-electron chi connectivity index (χ0n) is 25.8. The molecule has 0 saturated heterocycles. The number of rotatable bonds is 4. The number of benzene rings is 4. The van der Waals surface area contributed by atoms with Crippen molar-refractivity contribution in [1.29, 1.82) is 5.26 Å². The van der Waals surface area contributed by atoms with Crippen LogP contribution in [0, 0.1) is 17.9 Å². The first-order chi connectivity index (χ1) is 24.2. The first-order valence-corrected chi connectivity index (χ1v) is 16.4. The molecule has 4 aromatic carbocycles. The third kappa shape index (κ3) is 4.77. The summed E-state index contributed by atoms with van der Waals surface area (Å²) in [6.07, 6.45) is 6.62. The summed E-state index contributed by atoms with van der Waals surface area (Å²) in [5, 5.41) is 16.5. The van der Waals surface area contributed by atoms with Crippen molar-refractivity contribution < 1.29 is 0 Å². The second kappa shape index (κ2) is 11.5. The van der Waals surface area contributed by atoms with Crippen molar-refractivity contribution in [3.05, 3.63) is 151 Å². The van der Waals surface area contributed by atoms with Gasteiger partial charge in [-0.3, -0.25) is 9.97 Å². The van der Waals surface area contributed by atoms with Gasteiger partial charge in [0.25, 0.3) is 0 Å². The maximum absolute atomic E-state index is 9.42. The highest BCUT2D eigenvalue weighted by Gasteiger charge is 2.19. The summed E-state index contributed by atoms with van der Waals surface area (Å²) >= 11 is 1.78. The van der Waals surface area contributed by atoms with E-state index in [1.165, 1.54) is 30.9 Å². The van der Waals surface area contributed by atoms with E-state index < -0.39 is 0 Å². The lowest BCUT2D eigenvalue weighted by Gasteiger charge is -2.12. The minimum Gasteiger partial charge on any atom is -0.276 e.